The van der Waals surface area contributed by atoms with Crippen LogP contribution in [0.5, 0.6) is 5.75 Å². The van der Waals surface area contributed by atoms with Gasteiger partial charge in [0.25, 0.3) is 5.95 Å². The summed E-state index contributed by atoms with van der Waals surface area (Å²) in [5.74, 6) is 0.325. The van der Waals surface area contributed by atoms with Crippen LogP contribution in [-0.2, 0) is 0 Å². The molecule has 0 fully saturated rings. The van der Waals surface area contributed by atoms with Gasteiger partial charge >= 0.3 is 0 Å². The predicted octanol–water partition coefficient (Wildman–Crippen LogP) is 4.09. The number of phenolic OH excluding ortho intramolecular Hbond substituents is 1. The predicted molar refractivity (Wildman–Crippen MR) is 85.2 cm³/mol. The number of fused-ring (bicyclic) bond motifs is 1. The molecule has 3 rings (SSSR count). The molecule has 0 spiro atoms. The number of phenols is 1. The number of rotatable bonds is 3. The largest absolute Gasteiger partial charge is 0.505 e. The number of nitrogens with zero attached hydrogens (tertiary/aromatic N) is 4. The summed E-state index contributed by atoms with van der Waals surface area (Å²) < 4.78 is 0. The summed E-state index contributed by atoms with van der Waals surface area (Å²) in [6.07, 6.45) is 1.87. The first-order valence-electron chi connectivity index (χ1n) is 6.01. The zero-order valence-electron chi connectivity index (χ0n) is 11.0. The van der Waals surface area contributed by atoms with Gasteiger partial charge in [0.05, 0.1) is 0 Å². The van der Waals surface area contributed by atoms with E-state index in [1.165, 1.54) is 11.8 Å². The molecule has 1 aromatic heterocycles. The molecule has 0 unspecified atom stereocenters. The van der Waals surface area contributed by atoms with Crippen molar-refractivity contribution in [1.29, 1.82) is 0 Å². The molecule has 0 aliphatic rings. The van der Waals surface area contributed by atoms with Crippen LogP contribution in [0.2, 0.25) is 0 Å². The van der Waals surface area contributed by atoms with Gasteiger partial charge in [-0.1, -0.05) is 36.0 Å². The van der Waals surface area contributed by atoms with Gasteiger partial charge in [-0.3, -0.25) is 0 Å². The molecule has 0 aliphatic heterocycles. The van der Waals surface area contributed by atoms with E-state index in [0.717, 1.165) is 5.39 Å². The quantitative estimate of drug-likeness (QED) is 0.386. The molecule has 21 heavy (non-hydrogen) atoms. The number of hydrogen-bond acceptors (Lipinski definition) is 7. The Morgan fingerprint density at radius 1 is 1.29 bits per heavy atom. The van der Waals surface area contributed by atoms with Gasteiger partial charge in [0.15, 0.2) is 5.75 Å². The van der Waals surface area contributed by atoms with Gasteiger partial charge < -0.3 is 5.11 Å². The molecular formula is C13H11N5OS2. The lowest BCUT2D eigenvalue weighted by atomic mass is 10.1. The number of H-pyrrole nitrogens is 1. The monoisotopic (exact) mass is 317 g/mol. The first kappa shape index (κ1) is 13.9. The maximum atomic E-state index is 10.3. The maximum absolute atomic E-state index is 10.3. The Hall–Kier alpha value is -2.06. The van der Waals surface area contributed by atoms with E-state index < -0.39 is 0 Å². The van der Waals surface area contributed by atoms with Gasteiger partial charge in [-0.2, -0.15) is 4.98 Å². The summed E-state index contributed by atoms with van der Waals surface area (Å²) in [6.45, 7) is 0. The summed E-state index contributed by atoms with van der Waals surface area (Å²) in [5, 5.41) is 27.0. The van der Waals surface area contributed by atoms with Crippen molar-refractivity contribution in [3.8, 4) is 5.75 Å². The van der Waals surface area contributed by atoms with Gasteiger partial charge in [0, 0.05) is 10.3 Å². The van der Waals surface area contributed by atoms with E-state index in [9.17, 15) is 5.11 Å². The minimum atomic E-state index is 0.0476. The highest BCUT2D eigenvalue weighted by molar-refractivity contribution is 7.98. The molecule has 8 heteroatoms. The van der Waals surface area contributed by atoms with Crippen molar-refractivity contribution in [2.75, 3.05) is 6.26 Å². The van der Waals surface area contributed by atoms with Crippen LogP contribution < -0.4 is 0 Å². The standard InChI is InChI=1S/C13H11N5OS2/c1-21-13-14-12(17-18-13)16-15-10-9(20)6-7-4-2-3-5-8(7)11(10)19/h2-6,19-20H,1H3,(H,14,17,18). The van der Waals surface area contributed by atoms with Crippen LogP contribution in [0.25, 0.3) is 10.8 Å². The highest BCUT2D eigenvalue weighted by Gasteiger charge is 2.10. The van der Waals surface area contributed by atoms with Crippen LogP contribution in [0.3, 0.4) is 0 Å². The first-order chi connectivity index (χ1) is 10.2. The van der Waals surface area contributed by atoms with Crippen molar-refractivity contribution < 1.29 is 5.11 Å². The molecule has 0 atom stereocenters. The Morgan fingerprint density at radius 3 is 2.86 bits per heavy atom. The summed E-state index contributed by atoms with van der Waals surface area (Å²) in [7, 11) is 0. The molecule has 2 aromatic carbocycles. The molecule has 2 N–H and O–H groups in total. The molecule has 0 saturated heterocycles. The lowest BCUT2D eigenvalue weighted by Gasteiger charge is -2.06. The van der Waals surface area contributed by atoms with Crippen LogP contribution in [0.15, 0.2) is 50.6 Å². The molecule has 106 valence electrons. The average Bonchev–Trinajstić information content (AvgIpc) is 2.95. The number of aromatic nitrogens is 3. The van der Waals surface area contributed by atoms with E-state index in [2.05, 4.69) is 38.0 Å². The molecular weight excluding hydrogens is 306 g/mol. The van der Waals surface area contributed by atoms with E-state index in [4.69, 9.17) is 0 Å². The third kappa shape index (κ3) is 2.72. The van der Waals surface area contributed by atoms with Crippen molar-refractivity contribution in [2.45, 2.75) is 10.1 Å². The van der Waals surface area contributed by atoms with E-state index in [1.54, 1.807) is 0 Å². The SMILES string of the molecule is CSc1n[nH]c(N=Nc2c(S)cc3ccccc3c2O)n1. The zero-order valence-corrected chi connectivity index (χ0v) is 12.7. The first-order valence-corrected chi connectivity index (χ1v) is 7.68. The summed E-state index contributed by atoms with van der Waals surface area (Å²) >= 11 is 5.75. The van der Waals surface area contributed by atoms with Crippen molar-refractivity contribution >= 4 is 46.8 Å². The molecule has 0 saturated carbocycles. The highest BCUT2D eigenvalue weighted by Crippen LogP contribution is 2.40. The topological polar surface area (TPSA) is 86.5 Å². The number of benzene rings is 2. The lowest BCUT2D eigenvalue weighted by Crippen LogP contribution is -1.78. The van der Waals surface area contributed by atoms with Crippen LogP contribution in [0.1, 0.15) is 0 Å². The Morgan fingerprint density at radius 2 is 2.10 bits per heavy atom. The molecule has 0 aliphatic carbocycles. The molecule has 0 radical (unpaired) electrons. The molecule has 0 amide bonds. The fourth-order valence-corrected chi connectivity index (χ4v) is 2.48. The third-order valence-corrected chi connectivity index (χ3v) is 3.74. The van der Waals surface area contributed by atoms with E-state index >= 15 is 0 Å². The van der Waals surface area contributed by atoms with E-state index in [0.29, 0.717) is 21.1 Å². The summed E-state index contributed by atoms with van der Waals surface area (Å²) in [6, 6.07) is 9.30. The molecule has 3 aromatic rings. The van der Waals surface area contributed by atoms with Gasteiger partial charge in [-0.15, -0.1) is 28.0 Å². The van der Waals surface area contributed by atoms with Crippen molar-refractivity contribution in [2.24, 2.45) is 10.2 Å². The fraction of sp³-hybridized carbons (Fsp3) is 0.0769. The Kier molecular flexibility index (Phi) is 3.80. The number of aromatic amines is 1. The Balaban J connectivity index is 2.03. The minimum absolute atomic E-state index is 0.0476. The molecule has 1 heterocycles. The second-order valence-electron chi connectivity index (χ2n) is 4.16. The normalized spacial score (nSPS) is 11.5. The van der Waals surface area contributed by atoms with Crippen molar-refractivity contribution in [1.82, 2.24) is 15.2 Å². The minimum Gasteiger partial charge on any atom is -0.505 e. The van der Waals surface area contributed by atoms with E-state index in [-0.39, 0.29) is 11.7 Å². The summed E-state index contributed by atoms with van der Waals surface area (Å²) in [4.78, 5) is 4.64. The lowest BCUT2D eigenvalue weighted by molar-refractivity contribution is 0.481. The summed E-state index contributed by atoms with van der Waals surface area (Å²) in [5.41, 5.74) is 0.305. The van der Waals surface area contributed by atoms with Crippen molar-refractivity contribution in [3.05, 3.63) is 30.3 Å². The van der Waals surface area contributed by atoms with Gasteiger partial charge in [-0.25, -0.2) is 5.10 Å². The van der Waals surface area contributed by atoms with Gasteiger partial charge in [0.1, 0.15) is 5.69 Å². The van der Waals surface area contributed by atoms with Gasteiger partial charge in [0.2, 0.25) is 5.16 Å². The average molecular weight is 317 g/mol. The third-order valence-electron chi connectivity index (χ3n) is 2.86. The van der Waals surface area contributed by atoms with Gasteiger partial charge in [-0.05, 0) is 17.7 Å². The van der Waals surface area contributed by atoms with Crippen LogP contribution in [-0.4, -0.2) is 26.5 Å². The number of aromatic hydroxyl groups is 1. The smallest absolute Gasteiger partial charge is 0.265 e. The van der Waals surface area contributed by atoms with Crippen LogP contribution in [0, 0.1) is 0 Å². The number of thioether (sulfide) groups is 1. The van der Waals surface area contributed by atoms with Crippen LogP contribution >= 0.6 is 24.4 Å². The van der Waals surface area contributed by atoms with Crippen LogP contribution in [0.4, 0.5) is 11.6 Å². The maximum Gasteiger partial charge on any atom is 0.265 e. The molecule has 0 bridgehead atoms. The second-order valence-corrected chi connectivity index (χ2v) is 5.41. The second kappa shape index (κ2) is 5.74. The van der Waals surface area contributed by atoms with E-state index in [1.807, 2.05) is 36.6 Å². The van der Waals surface area contributed by atoms with Crippen molar-refractivity contribution in [3.63, 3.8) is 0 Å². The molecule has 6 nitrogen and oxygen atoms in total. The number of hydrogen-bond donors (Lipinski definition) is 3. The highest BCUT2D eigenvalue weighted by atomic mass is 32.2. The number of thiol groups is 1. The Labute approximate surface area is 130 Å². The zero-order chi connectivity index (χ0) is 14.8. The number of nitrogens with one attached hydrogen (secondary N) is 1. The Bertz CT molecular complexity index is 831. The number of azo groups is 1. The fourth-order valence-electron chi connectivity index (χ4n) is 1.87.